The van der Waals surface area contributed by atoms with Crippen molar-refractivity contribution in [3.05, 3.63) is 11.3 Å². The Morgan fingerprint density at radius 1 is 1.03 bits per heavy atom. The second-order valence-electron chi connectivity index (χ2n) is 9.76. The number of terminal acetylenes is 1. The van der Waals surface area contributed by atoms with Crippen molar-refractivity contribution in [1.29, 1.82) is 0 Å². The van der Waals surface area contributed by atoms with E-state index in [4.69, 9.17) is 20.3 Å². The lowest BCUT2D eigenvalue weighted by molar-refractivity contribution is -0.176. The number of esters is 2. The molecule has 6 heteroatoms. The van der Waals surface area contributed by atoms with E-state index in [1.807, 2.05) is 6.92 Å². The molecule has 5 nitrogen and oxygen atoms in total. The molecule has 0 aliphatic heterocycles. The van der Waals surface area contributed by atoms with E-state index in [2.05, 4.69) is 47.5 Å². The van der Waals surface area contributed by atoms with Crippen molar-refractivity contribution in [3.63, 3.8) is 0 Å². The van der Waals surface area contributed by atoms with Crippen LogP contribution in [0.5, 0.6) is 0 Å². The predicted molar refractivity (Wildman–Crippen MR) is 131 cm³/mol. The Morgan fingerprint density at radius 3 is 1.88 bits per heavy atom. The van der Waals surface area contributed by atoms with Gasteiger partial charge in [-0.2, -0.15) is 0 Å². The summed E-state index contributed by atoms with van der Waals surface area (Å²) in [7, 11) is -2.18. The van der Waals surface area contributed by atoms with Crippen molar-refractivity contribution in [2.24, 2.45) is 11.3 Å². The minimum Gasteiger partial charge on any atom is -0.546 e. The van der Waals surface area contributed by atoms with Gasteiger partial charge in [0.2, 0.25) is 0 Å². The third-order valence-electron chi connectivity index (χ3n) is 7.12. The van der Waals surface area contributed by atoms with Gasteiger partial charge in [-0.05, 0) is 55.8 Å². The monoisotopic (exact) mass is 464 g/mol. The van der Waals surface area contributed by atoms with E-state index in [1.54, 1.807) is 13.8 Å². The van der Waals surface area contributed by atoms with Crippen LogP contribution in [0.1, 0.15) is 88.0 Å². The summed E-state index contributed by atoms with van der Waals surface area (Å²) in [6, 6.07) is 0. The first-order chi connectivity index (χ1) is 15.0. The van der Waals surface area contributed by atoms with Gasteiger partial charge in [0.25, 0.3) is 8.32 Å². The zero-order valence-corrected chi connectivity index (χ0v) is 22.7. The van der Waals surface area contributed by atoms with Gasteiger partial charge in [0.05, 0.1) is 19.0 Å². The standard InChI is InChI=1S/C26H44O5Si/c1-11-17-26(24(27)29-12-2,25(28)30-13-3)22-15-14-16-23(21(22)10)31-32(18(4)5,19(6)7)20(8)9/h1,18-20,22H,12-17H2,2-10H3. The van der Waals surface area contributed by atoms with Gasteiger partial charge < -0.3 is 13.9 Å². The summed E-state index contributed by atoms with van der Waals surface area (Å²) in [5.74, 6) is 1.90. The van der Waals surface area contributed by atoms with Crippen LogP contribution in [-0.4, -0.2) is 33.5 Å². The number of carbonyl (C=O) groups excluding carboxylic acids is 2. The van der Waals surface area contributed by atoms with Gasteiger partial charge in [-0.15, -0.1) is 12.3 Å². The minimum atomic E-state index is -2.18. The Balaban J connectivity index is 3.66. The molecule has 1 aliphatic carbocycles. The lowest BCUT2D eigenvalue weighted by Crippen LogP contribution is -2.50. The average Bonchev–Trinajstić information content (AvgIpc) is 2.71. The molecule has 1 atom stereocenters. The Hall–Kier alpha value is -1.74. The molecule has 0 aromatic rings. The zero-order valence-electron chi connectivity index (χ0n) is 21.7. The molecule has 32 heavy (non-hydrogen) atoms. The molecule has 0 bridgehead atoms. The molecule has 0 aromatic carbocycles. The SMILES string of the molecule is C#CCC(C(=O)OCC)(C(=O)OCC)C1CCCC(O[Si](C(C)C)(C(C)C)C(C)C)=C1C. The van der Waals surface area contributed by atoms with Gasteiger partial charge in [0.15, 0.2) is 5.41 Å². The molecule has 0 aromatic heterocycles. The molecule has 0 saturated carbocycles. The van der Waals surface area contributed by atoms with Crippen molar-refractivity contribution >= 4 is 20.3 Å². The highest BCUT2D eigenvalue weighted by atomic mass is 28.4. The van der Waals surface area contributed by atoms with Crippen molar-refractivity contribution in [1.82, 2.24) is 0 Å². The first-order valence-corrected chi connectivity index (χ1v) is 14.3. The molecule has 1 rings (SSSR count). The van der Waals surface area contributed by atoms with Crippen LogP contribution in [0.3, 0.4) is 0 Å². The normalized spacial score (nSPS) is 17.5. The molecule has 0 radical (unpaired) electrons. The average molecular weight is 465 g/mol. The van der Waals surface area contributed by atoms with Gasteiger partial charge >= 0.3 is 11.9 Å². The van der Waals surface area contributed by atoms with Crippen LogP contribution in [0.2, 0.25) is 16.6 Å². The van der Waals surface area contributed by atoms with Gasteiger partial charge in [-0.1, -0.05) is 41.5 Å². The third kappa shape index (κ3) is 5.25. The molecule has 0 saturated heterocycles. The number of hydrogen-bond acceptors (Lipinski definition) is 5. The van der Waals surface area contributed by atoms with Gasteiger partial charge in [0, 0.05) is 18.8 Å². The second-order valence-corrected chi connectivity index (χ2v) is 15.1. The van der Waals surface area contributed by atoms with Gasteiger partial charge in [-0.3, -0.25) is 9.59 Å². The summed E-state index contributed by atoms with van der Waals surface area (Å²) in [6.45, 7) is 19.3. The molecule has 1 aliphatic rings. The van der Waals surface area contributed by atoms with E-state index in [0.717, 1.165) is 24.2 Å². The number of rotatable bonds is 11. The Bertz CT molecular complexity index is 689. The molecule has 0 amide bonds. The highest BCUT2D eigenvalue weighted by Crippen LogP contribution is 2.50. The second kappa shape index (κ2) is 11.9. The van der Waals surface area contributed by atoms with E-state index in [1.165, 1.54) is 0 Å². The number of ether oxygens (including phenoxy) is 2. The summed E-state index contributed by atoms with van der Waals surface area (Å²) >= 11 is 0. The van der Waals surface area contributed by atoms with Gasteiger partial charge in [-0.25, -0.2) is 0 Å². The van der Waals surface area contributed by atoms with Crippen LogP contribution in [0.4, 0.5) is 0 Å². The van der Waals surface area contributed by atoms with Crippen LogP contribution < -0.4 is 0 Å². The fraction of sp³-hybridized carbons (Fsp3) is 0.769. The quantitative estimate of drug-likeness (QED) is 0.153. The first-order valence-electron chi connectivity index (χ1n) is 12.1. The molecule has 1 unspecified atom stereocenters. The van der Waals surface area contributed by atoms with Gasteiger partial charge in [0.1, 0.15) is 0 Å². The Morgan fingerprint density at radius 2 is 1.50 bits per heavy atom. The molecule has 0 N–H and O–H groups in total. The van der Waals surface area contributed by atoms with Crippen LogP contribution in [-0.2, 0) is 23.5 Å². The van der Waals surface area contributed by atoms with E-state index in [9.17, 15) is 9.59 Å². The highest BCUT2D eigenvalue weighted by molar-refractivity contribution is 6.77. The van der Waals surface area contributed by atoms with E-state index >= 15 is 0 Å². The van der Waals surface area contributed by atoms with Crippen molar-refractivity contribution in [3.8, 4) is 12.3 Å². The van der Waals surface area contributed by atoms with Crippen LogP contribution in [0.15, 0.2) is 11.3 Å². The number of hydrogen-bond donors (Lipinski definition) is 0. The van der Waals surface area contributed by atoms with Crippen molar-refractivity contribution in [2.45, 2.75) is 105 Å². The summed E-state index contributed by atoms with van der Waals surface area (Å²) in [6.07, 6.45) is 7.92. The van der Waals surface area contributed by atoms with Crippen LogP contribution >= 0.6 is 0 Å². The minimum absolute atomic E-state index is 0.0545. The van der Waals surface area contributed by atoms with E-state index in [-0.39, 0.29) is 19.6 Å². The summed E-state index contributed by atoms with van der Waals surface area (Å²) in [5.41, 5.74) is 0.667. The maximum Gasteiger partial charge on any atom is 0.325 e. The van der Waals surface area contributed by atoms with E-state index in [0.29, 0.717) is 23.0 Å². The highest BCUT2D eigenvalue weighted by Gasteiger charge is 2.56. The molecule has 182 valence electrons. The largest absolute Gasteiger partial charge is 0.546 e. The van der Waals surface area contributed by atoms with Crippen molar-refractivity contribution in [2.75, 3.05) is 13.2 Å². The van der Waals surface area contributed by atoms with Crippen LogP contribution in [0, 0.1) is 23.7 Å². The maximum absolute atomic E-state index is 13.3. The number of carbonyl (C=O) groups is 2. The smallest absolute Gasteiger partial charge is 0.325 e. The fourth-order valence-electron chi connectivity index (χ4n) is 5.71. The zero-order chi connectivity index (χ0) is 24.7. The topological polar surface area (TPSA) is 61.8 Å². The third-order valence-corrected chi connectivity index (χ3v) is 13.1. The molecule has 0 heterocycles. The molecule has 0 fully saturated rings. The first kappa shape index (κ1) is 28.3. The fourth-order valence-corrected chi connectivity index (χ4v) is 11.1. The van der Waals surface area contributed by atoms with E-state index < -0.39 is 31.6 Å². The Kier molecular flexibility index (Phi) is 10.5. The summed E-state index contributed by atoms with van der Waals surface area (Å²) in [5, 5.41) is 0. The predicted octanol–water partition coefficient (Wildman–Crippen LogP) is 6.39. The summed E-state index contributed by atoms with van der Waals surface area (Å²) in [4.78, 5) is 26.5. The lowest BCUT2D eigenvalue weighted by atomic mass is 9.65. The van der Waals surface area contributed by atoms with Crippen molar-refractivity contribution < 1.29 is 23.5 Å². The number of allylic oxidation sites excluding steroid dienone is 2. The molecule has 0 spiro atoms. The Labute approximate surface area is 196 Å². The molecular formula is C26H44O5Si. The maximum atomic E-state index is 13.3. The van der Waals surface area contributed by atoms with Crippen LogP contribution in [0.25, 0.3) is 0 Å². The molecular weight excluding hydrogens is 420 g/mol. The lowest BCUT2D eigenvalue weighted by Gasteiger charge is -2.45. The summed E-state index contributed by atoms with van der Waals surface area (Å²) < 4.78 is 17.8.